The standard InChI is InChI=1S/C14H14N2O3S2/c1-7-8(2)20-13(15)12(7)14-16-10-6-9(21(3,17)18)4-5-11(10)19-14/h4-6H,15H2,1-3H3. The van der Waals surface area contributed by atoms with Crippen LogP contribution in [0.5, 0.6) is 0 Å². The Labute approximate surface area is 126 Å². The van der Waals surface area contributed by atoms with Crippen molar-refractivity contribution in [2.45, 2.75) is 18.7 Å². The van der Waals surface area contributed by atoms with Gasteiger partial charge in [0.05, 0.1) is 15.5 Å². The molecule has 0 spiro atoms. The van der Waals surface area contributed by atoms with Crippen molar-refractivity contribution in [2.24, 2.45) is 0 Å². The zero-order valence-corrected chi connectivity index (χ0v) is 13.4. The van der Waals surface area contributed by atoms with Crippen LogP contribution in [0.3, 0.4) is 0 Å². The number of hydrogen-bond acceptors (Lipinski definition) is 6. The first-order chi connectivity index (χ1) is 9.77. The van der Waals surface area contributed by atoms with Crippen molar-refractivity contribution < 1.29 is 12.8 Å². The highest BCUT2D eigenvalue weighted by atomic mass is 32.2. The second-order valence-electron chi connectivity index (χ2n) is 4.94. The normalized spacial score (nSPS) is 12.1. The largest absolute Gasteiger partial charge is 0.436 e. The number of oxazole rings is 1. The number of rotatable bonds is 2. The van der Waals surface area contributed by atoms with Crippen LogP contribution < -0.4 is 5.73 Å². The predicted molar refractivity (Wildman–Crippen MR) is 84.3 cm³/mol. The van der Waals surface area contributed by atoms with E-state index in [0.717, 1.165) is 16.0 Å². The summed E-state index contributed by atoms with van der Waals surface area (Å²) in [5, 5.41) is 0.653. The van der Waals surface area contributed by atoms with Gasteiger partial charge in [0.15, 0.2) is 15.4 Å². The molecule has 0 amide bonds. The summed E-state index contributed by atoms with van der Waals surface area (Å²) in [5.41, 5.74) is 8.89. The van der Waals surface area contributed by atoms with Crippen LogP contribution in [0, 0.1) is 13.8 Å². The topological polar surface area (TPSA) is 86.2 Å². The van der Waals surface area contributed by atoms with Crippen LogP contribution in [0.2, 0.25) is 0 Å². The first-order valence-corrected chi connectivity index (χ1v) is 8.94. The second-order valence-corrected chi connectivity index (χ2v) is 8.22. The maximum Gasteiger partial charge on any atom is 0.230 e. The number of thiophene rings is 1. The summed E-state index contributed by atoms with van der Waals surface area (Å²) in [5.74, 6) is 0.426. The van der Waals surface area contributed by atoms with Gasteiger partial charge in [0.25, 0.3) is 0 Å². The van der Waals surface area contributed by atoms with Crippen LogP contribution in [0.25, 0.3) is 22.6 Å². The quantitative estimate of drug-likeness (QED) is 0.783. The molecule has 3 rings (SSSR count). The number of sulfone groups is 1. The Kier molecular flexibility index (Phi) is 3.07. The van der Waals surface area contributed by atoms with E-state index in [-0.39, 0.29) is 4.90 Å². The number of benzene rings is 1. The molecule has 2 heterocycles. The number of nitrogen functional groups attached to an aromatic ring is 1. The Morgan fingerprint density at radius 3 is 2.57 bits per heavy atom. The molecule has 1 aromatic carbocycles. The van der Waals surface area contributed by atoms with E-state index in [0.29, 0.717) is 22.0 Å². The van der Waals surface area contributed by atoms with E-state index in [1.165, 1.54) is 29.7 Å². The molecule has 5 nitrogen and oxygen atoms in total. The van der Waals surface area contributed by atoms with Crippen LogP contribution in [0.4, 0.5) is 5.00 Å². The minimum Gasteiger partial charge on any atom is -0.436 e. The van der Waals surface area contributed by atoms with Crippen LogP contribution in [0.1, 0.15) is 10.4 Å². The van der Waals surface area contributed by atoms with Crippen molar-refractivity contribution in [1.29, 1.82) is 0 Å². The fourth-order valence-corrected chi connectivity index (χ4v) is 3.73. The number of anilines is 1. The summed E-state index contributed by atoms with van der Waals surface area (Å²) in [4.78, 5) is 5.72. The average Bonchev–Trinajstić information content (AvgIpc) is 2.89. The minimum atomic E-state index is -3.27. The molecule has 0 fully saturated rings. The van der Waals surface area contributed by atoms with Gasteiger partial charge in [-0.3, -0.25) is 0 Å². The molecule has 0 unspecified atom stereocenters. The van der Waals surface area contributed by atoms with E-state index in [4.69, 9.17) is 10.2 Å². The molecule has 110 valence electrons. The zero-order valence-electron chi connectivity index (χ0n) is 11.8. The van der Waals surface area contributed by atoms with E-state index >= 15 is 0 Å². The molecule has 0 bridgehead atoms. The Morgan fingerprint density at radius 2 is 2.00 bits per heavy atom. The van der Waals surface area contributed by atoms with Crippen molar-refractivity contribution in [3.63, 3.8) is 0 Å². The van der Waals surface area contributed by atoms with Gasteiger partial charge < -0.3 is 10.2 Å². The average molecular weight is 322 g/mol. The Hall–Kier alpha value is -1.86. The number of fused-ring (bicyclic) bond motifs is 1. The third kappa shape index (κ3) is 2.32. The lowest BCUT2D eigenvalue weighted by atomic mass is 10.1. The Morgan fingerprint density at radius 1 is 1.29 bits per heavy atom. The fourth-order valence-electron chi connectivity index (χ4n) is 2.16. The number of hydrogen-bond donors (Lipinski definition) is 1. The molecular weight excluding hydrogens is 308 g/mol. The highest BCUT2D eigenvalue weighted by molar-refractivity contribution is 7.90. The molecule has 0 saturated heterocycles. The van der Waals surface area contributed by atoms with Gasteiger partial charge in [-0.25, -0.2) is 13.4 Å². The van der Waals surface area contributed by atoms with Gasteiger partial charge in [-0.2, -0.15) is 0 Å². The van der Waals surface area contributed by atoms with Gasteiger partial charge in [-0.1, -0.05) is 0 Å². The number of nitrogens with two attached hydrogens (primary N) is 1. The molecule has 3 aromatic rings. The van der Waals surface area contributed by atoms with E-state index < -0.39 is 9.84 Å². The summed E-state index contributed by atoms with van der Waals surface area (Å²) in [6.45, 7) is 3.96. The molecule has 0 radical (unpaired) electrons. The maximum atomic E-state index is 11.6. The third-order valence-corrected chi connectivity index (χ3v) is 5.56. The summed E-state index contributed by atoms with van der Waals surface area (Å²) in [6.07, 6.45) is 1.17. The van der Waals surface area contributed by atoms with Gasteiger partial charge in [0, 0.05) is 11.1 Å². The van der Waals surface area contributed by atoms with Gasteiger partial charge in [-0.15, -0.1) is 11.3 Å². The van der Waals surface area contributed by atoms with E-state index in [9.17, 15) is 8.42 Å². The van der Waals surface area contributed by atoms with Crippen molar-refractivity contribution in [2.75, 3.05) is 12.0 Å². The molecular formula is C14H14N2O3S2. The predicted octanol–water partition coefficient (Wildman–Crippen LogP) is 3.16. The summed E-state index contributed by atoms with van der Waals surface area (Å²) in [6, 6.07) is 4.65. The molecule has 21 heavy (non-hydrogen) atoms. The monoisotopic (exact) mass is 322 g/mol. The van der Waals surface area contributed by atoms with Gasteiger partial charge in [-0.05, 0) is 37.6 Å². The van der Waals surface area contributed by atoms with Crippen molar-refractivity contribution in [3.8, 4) is 11.5 Å². The molecule has 0 saturated carbocycles. The number of nitrogens with zero attached hydrogens (tertiary/aromatic N) is 1. The molecule has 0 atom stereocenters. The van der Waals surface area contributed by atoms with Crippen molar-refractivity contribution in [3.05, 3.63) is 28.6 Å². The Bertz CT molecular complexity index is 952. The van der Waals surface area contributed by atoms with Crippen molar-refractivity contribution in [1.82, 2.24) is 4.98 Å². The SMILES string of the molecule is Cc1sc(N)c(-c2nc3cc(S(C)(=O)=O)ccc3o2)c1C. The van der Waals surface area contributed by atoms with Gasteiger partial charge >= 0.3 is 0 Å². The first kappa shape index (κ1) is 14.1. The van der Waals surface area contributed by atoms with Crippen molar-refractivity contribution >= 4 is 37.3 Å². The lowest BCUT2D eigenvalue weighted by Crippen LogP contribution is -1.96. The summed E-state index contributed by atoms with van der Waals surface area (Å²) >= 11 is 1.49. The first-order valence-electron chi connectivity index (χ1n) is 6.24. The number of aromatic nitrogens is 1. The number of aryl methyl sites for hydroxylation is 1. The molecule has 0 aliphatic rings. The summed E-state index contributed by atoms with van der Waals surface area (Å²) in [7, 11) is -3.27. The van der Waals surface area contributed by atoms with Gasteiger partial charge in [0.1, 0.15) is 5.52 Å². The summed E-state index contributed by atoms with van der Waals surface area (Å²) < 4.78 is 28.9. The smallest absolute Gasteiger partial charge is 0.230 e. The molecule has 0 aliphatic heterocycles. The van der Waals surface area contributed by atoms with Gasteiger partial charge in [0.2, 0.25) is 5.89 Å². The highest BCUT2D eigenvalue weighted by Crippen LogP contribution is 2.38. The third-order valence-electron chi connectivity index (χ3n) is 3.41. The van der Waals surface area contributed by atoms with E-state index in [1.54, 1.807) is 6.07 Å². The van der Waals surface area contributed by atoms with Crippen LogP contribution in [0.15, 0.2) is 27.5 Å². The molecule has 7 heteroatoms. The van der Waals surface area contributed by atoms with Crippen LogP contribution in [-0.2, 0) is 9.84 Å². The van der Waals surface area contributed by atoms with E-state index in [2.05, 4.69) is 4.98 Å². The van der Waals surface area contributed by atoms with Crippen LogP contribution in [-0.4, -0.2) is 19.7 Å². The lowest BCUT2D eigenvalue weighted by Gasteiger charge is -1.95. The van der Waals surface area contributed by atoms with E-state index in [1.807, 2.05) is 13.8 Å². The highest BCUT2D eigenvalue weighted by Gasteiger charge is 2.18. The minimum absolute atomic E-state index is 0.223. The van der Waals surface area contributed by atoms with Crippen LogP contribution >= 0.6 is 11.3 Å². The molecule has 0 aliphatic carbocycles. The maximum absolute atomic E-state index is 11.6. The lowest BCUT2D eigenvalue weighted by molar-refractivity contribution is 0.602. The second kappa shape index (κ2) is 4.57. The molecule has 2 N–H and O–H groups in total. The zero-order chi connectivity index (χ0) is 15.4. The Balaban J connectivity index is 2.22. The fraction of sp³-hybridized carbons (Fsp3) is 0.214. The molecule has 2 aromatic heterocycles.